The normalized spacial score (nSPS) is 10.0. The Morgan fingerprint density at radius 2 is 1.90 bits per heavy atom. The van der Waals surface area contributed by atoms with Gasteiger partial charge in [-0.15, -0.1) is 0 Å². The smallest absolute Gasteiger partial charge is 0.340 e. The first-order chi connectivity index (χ1) is 10.0. The number of nitrogens with two attached hydrogens (primary N) is 1. The molecule has 2 aromatic rings. The number of benzene rings is 2. The molecule has 0 fully saturated rings. The Morgan fingerprint density at radius 3 is 2.57 bits per heavy atom. The molecule has 5 heteroatoms. The zero-order valence-electron chi connectivity index (χ0n) is 12.4. The summed E-state index contributed by atoms with van der Waals surface area (Å²) in [6.07, 6.45) is 0. The monoisotopic (exact) mass is 285 g/mol. The summed E-state index contributed by atoms with van der Waals surface area (Å²) in [6.45, 7) is 0. The molecule has 0 unspecified atom stereocenters. The summed E-state index contributed by atoms with van der Waals surface area (Å²) in [7, 11) is 5.29. The highest BCUT2D eigenvalue weighted by Gasteiger charge is 2.14. The standard InChI is InChI=1S/C16H19N3O2/c1-19(2)12-7-4-6-11(10-12)18-15-13(16(20)21-3)8-5-9-14(15)17/h4-10,18H,17H2,1-3H3. The molecule has 0 amide bonds. The fourth-order valence-corrected chi connectivity index (χ4v) is 2.00. The summed E-state index contributed by atoms with van der Waals surface area (Å²) in [5.74, 6) is -0.423. The number of anilines is 4. The average molecular weight is 285 g/mol. The predicted octanol–water partition coefficient (Wildman–Crippen LogP) is 2.87. The molecular weight excluding hydrogens is 266 g/mol. The van der Waals surface area contributed by atoms with Crippen LogP contribution in [0.2, 0.25) is 0 Å². The molecule has 0 saturated heterocycles. The molecule has 0 radical (unpaired) electrons. The number of methoxy groups -OCH3 is 1. The van der Waals surface area contributed by atoms with Gasteiger partial charge in [-0.3, -0.25) is 0 Å². The van der Waals surface area contributed by atoms with Crippen LogP contribution in [-0.4, -0.2) is 27.2 Å². The summed E-state index contributed by atoms with van der Waals surface area (Å²) in [6, 6.07) is 13.0. The largest absolute Gasteiger partial charge is 0.465 e. The molecule has 0 aromatic heterocycles. The molecule has 0 heterocycles. The van der Waals surface area contributed by atoms with Gasteiger partial charge in [0.2, 0.25) is 0 Å². The van der Waals surface area contributed by atoms with Gasteiger partial charge in [0, 0.05) is 25.5 Å². The van der Waals surface area contributed by atoms with E-state index in [2.05, 4.69) is 5.32 Å². The van der Waals surface area contributed by atoms with Crippen LogP contribution in [0.25, 0.3) is 0 Å². The van der Waals surface area contributed by atoms with Gasteiger partial charge in [-0.25, -0.2) is 4.79 Å². The van der Waals surface area contributed by atoms with Crippen LogP contribution in [0.5, 0.6) is 0 Å². The van der Waals surface area contributed by atoms with Crippen molar-refractivity contribution < 1.29 is 9.53 Å². The van der Waals surface area contributed by atoms with Crippen molar-refractivity contribution in [2.75, 3.05) is 37.2 Å². The van der Waals surface area contributed by atoms with Crippen LogP contribution in [0.15, 0.2) is 42.5 Å². The number of hydrogen-bond acceptors (Lipinski definition) is 5. The van der Waals surface area contributed by atoms with Crippen molar-refractivity contribution in [2.45, 2.75) is 0 Å². The van der Waals surface area contributed by atoms with Gasteiger partial charge in [-0.05, 0) is 30.3 Å². The number of hydrogen-bond donors (Lipinski definition) is 2. The lowest BCUT2D eigenvalue weighted by atomic mass is 10.1. The summed E-state index contributed by atoms with van der Waals surface area (Å²) >= 11 is 0. The second-order valence-electron chi connectivity index (χ2n) is 4.83. The number of rotatable bonds is 4. The molecule has 2 aromatic carbocycles. The van der Waals surface area contributed by atoms with E-state index in [1.165, 1.54) is 7.11 Å². The number of ether oxygens (including phenoxy) is 1. The van der Waals surface area contributed by atoms with E-state index < -0.39 is 5.97 Å². The van der Waals surface area contributed by atoms with E-state index in [-0.39, 0.29) is 0 Å². The Labute approximate surface area is 124 Å². The molecule has 0 bridgehead atoms. The third kappa shape index (κ3) is 3.25. The van der Waals surface area contributed by atoms with Gasteiger partial charge in [-0.1, -0.05) is 12.1 Å². The molecule has 21 heavy (non-hydrogen) atoms. The maximum Gasteiger partial charge on any atom is 0.340 e. The van der Waals surface area contributed by atoms with Gasteiger partial charge in [-0.2, -0.15) is 0 Å². The third-order valence-electron chi connectivity index (χ3n) is 3.13. The second kappa shape index (κ2) is 6.17. The van der Waals surface area contributed by atoms with Gasteiger partial charge < -0.3 is 20.7 Å². The molecular formula is C16H19N3O2. The quantitative estimate of drug-likeness (QED) is 0.668. The molecule has 0 saturated carbocycles. The minimum Gasteiger partial charge on any atom is -0.465 e. The number of carbonyl (C=O) groups excluding carboxylic acids is 1. The number of carbonyl (C=O) groups is 1. The molecule has 0 atom stereocenters. The van der Waals surface area contributed by atoms with Crippen molar-refractivity contribution in [2.24, 2.45) is 0 Å². The van der Waals surface area contributed by atoms with Crippen molar-refractivity contribution in [3.63, 3.8) is 0 Å². The summed E-state index contributed by atoms with van der Waals surface area (Å²) in [5.41, 5.74) is 9.34. The van der Waals surface area contributed by atoms with E-state index in [9.17, 15) is 4.79 Å². The van der Waals surface area contributed by atoms with Crippen LogP contribution >= 0.6 is 0 Å². The first kappa shape index (κ1) is 14.7. The average Bonchev–Trinajstić information content (AvgIpc) is 2.48. The highest BCUT2D eigenvalue weighted by Crippen LogP contribution is 2.29. The lowest BCUT2D eigenvalue weighted by molar-refractivity contribution is 0.0602. The molecule has 5 nitrogen and oxygen atoms in total. The number of nitrogen functional groups attached to an aromatic ring is 1. The predicted molar refractivity (Wildman–Crippen MR) is 86.2 cm³/mol. The first-order valence-corrected chi connectivity index (χ1v) is 6.54. The van der Waals surface area contributed by atoms with E-state index >= 15 is 0 Å². The van der Waals surface area contributed by atoms with Gasteiger partial charge in [0.15, 0.2) is 0 Å². The fraction of sp³-hybridized carbons (Fsp3) is 0.188. The summed E-state index contributed by atoms with van der Waals surface area (Å²) in [5, 5.41) is 3.20. The van der Waals surface area contributed by atoms with Crippen molar-refractivity contribution >= 4 is 28.7 Å². The molecule has 110 valence electrons. The van der Waals surface area contributed by atoms with E-state index in [1.807, 2.05) is 43.3 Å². The molecule has 0 spiro atoms. The Hall–Kier alpha value is -2.69. The second-order valence-corrected chi connectivity index (χ2v) is 4.83. The maximum atomic E-state index is 11.8. The number of nitrogens with zero attached hydrogens (tertiary/aromatic N) is 1. The van der Waals surface area contributed by atoms with Gasteiger partial charge in [0.05, 0.1) is 24.0 Å². The summed E-state index contributed by atoms with van der Waals surface area (Å²) < 4.78 is 4.79. The SMILES string of the molecule is COC(=O)c1cccc(N)c1Nc1cccc(N(C)C)c1. The van der Waals surface area contributed by atoms with Gasteiger partial charge in [0.1, 0.15) is 0 Å². The van der Waals surface area contributed by atoms with Gasteiger partial charge in [0.25, 0.3) is 0 Å². The highest BCUT2D eigenvalue weighted by atomic mass is 16.5. The van der Waals surface area contributed by atoms with E-state index in [0.717, 1.165) is 11.4 Å². The zero-order valence-corrected chi connectivity index (χ0v) is 12.4. The van der Waals surface area contributed by atoms with Gasteiger partial charge >= 0.3 is 5.97 Å². The van der Waals surface area contributed by atoms with Crippen LogP contribution in [-0.2, 0) is 4.74 Å². The number of para-hydroxylation sites is 1. The van der Waals surface area contributed by atoms with Crippen LogP contribution in [0.1, 0.15) is 10.4 Å². The Kier molecular flexibility index (Phi) is 4.33. The minimum absolute atomic E-state index is 0.410. The Balaban J connectivity index is 2.39. The van der Waals surface area contributed by atoms with Crippen molar-refractivity contribution in [3.05, 3.63) is 48.0 Å². The van der Waals surface area contributed by atoms with E-state index in [1.54, 1.807) is 18.2 Å². The van der Waals surface area contributed by atoms with Crippen LogP contribution < -0.4 is 16.0 Å². The Bertz CT molecular complexity index is 654. The fourth-order valence-electron chi connectivity index (χ4n) is 2.00. The molecule has 0 aliphatic heterocycles. The minimum atomic E-state index is -0.423. The lowest BCUT2D eigenvalue weighted by Crippen LogP contribution is -2.10. The third-order valence-corrected chi connectivity index (χ3v) is 3.13. The zero-order chi connectivity index (χ0) is 15.4. The highest BCUT2D eigenvalue weighted by molar-refractivity contribution is 5.99. The first-order valence-electron chi connectivity index (χ1n) is 6.54. The molecule has 0 aliphatic rings. The number of esters is 1. The van der Waals surface area contributed by atoms with Crippen molar-refractivity contribution in [1.29, 1.82) is 0 Å². The molecule has 3 N–H and O–H groups in total. The maximum absolute atomic E-state index is 11.8. The van der Waals surface area contributed by atoms with E-state index in [0.29, 0.717) is 16.9 Å². The van der Waals surface area contributed by atoms with Crippen molar-refractivity contribution in [1.82, 2.24) is 0 Å². The molecule has 2 rings (SSSR count). The van der Waals surface area contributed by atoms with Crippen molar-refractivity contribution in [3.8, 4) is 0 Å². The topological polar surface area (TPSA) is 67.6 Å². The van der Waals surface area contributed by atoms with E-state index in [4.69, 9.17) is 10.5 Å². The van der Waals surface area contributed by atoms with Crippen LogP contribution in [0.3, 0.4) is 0 Å². The summed E-state index contributed by atoms with van der Waals surface area (Å²) in [4.78, 5) is 13.8. The lowest BCUT2D eigenvalue weighted by Gasteiger charge is -2.16. The number of nitrogens with one attached hydrogen (secondary N) is 1. The Morgan fingerprint density at radius 1 is 1.19 bits per heavy atom. The molecule has 0 aliphatic carbocycles. The van der Waals surface area contributed by atoms with Crippen LogP contribution in [0.4, 0.5) is 22.7 Å². The van der Waals surface area contributed by atoms with Crippen LogP contribution in [0, 0.1) is 0 Å².